The summed E-state index contributed by atoms with van der Waals surface area (Å²) in [5.74, 6) is 0.0645. The molecule has 1 amide bonds. The van der Waals surface area contributed by atoms with Gasteiger partial charge in [0.05, 0.1) is 11.1 Å². The van der Waals surface area contributed by atoms with Crippen molar-refractivity contribution in [3.8, 4) is 0 Å². The fraction of sp³-hybridized carbons (Fsp3) is 0.583. The van der Waals surface area contributed by atoms with E-state index in [0.29, 0.717) is 29.0 Å². The highest BCUT2D eigenvalue weighted by molar-refractivity contribution is 6.41. The number of likely N-dealkylation sites (tertiary alicyclic amines) is 1. The van der Waals surface area contributed by atoms with E-state index >= 15 is 0 Å². The molecule has 1 N–H and O–H groups in total. The molecule has 1 saturated heterocycles. The molecular formula is C12H16Cl2N2O2. The van der Waals surface area contributed by atoms with Gasteiger partial charge in [-0.2, -0.15) is 0 Å². The van der Waals surface area contributed by atoms with E-state index in [0.717, 1.165) is 6.42 Å². The molecule has 4 nitrogen and oxygen atoms in total. The van der Waals surface area contributed by atoms with Crippen LogP contribution in [0.15, 0.2) is 6.07 Å². The summed E-state index contributed by atoms with van der Waals surface area (Å²) in [5.41, 5.74) is 0.483. The highest BCUT2D eigenvalue weighted by atomic mass is 35.5. The van der Waals surface area contributed by atoms with Crippen LogP contribution in [-0.4, -0.2) is 39.7 Å². The molecule has 100 valence electrons. The number of aliphatic hydroxyl groups is 1. The summed E-state index contributed by atoms with van der Waals surface area (Å²) in [6.45, 7) is 3.00. The Balaban J connectivity index is 2.15. The summed E-state index contributed by atoms with van der Waals surface area (Å²) in [6, 6.07) is 1.59. The zero-order valence-corrected chi connectivity index (χ0v) is 11.9. The zero-order chi connectivity index (χ0) is 13.4. The molecule has 1 fully saturated rings. The lowest BCUT2D eigenvalue weighted by Crippen LogP contribution is -2.31. The van der Waals surface area contributed by atoms with Crippen LogP contribution in [0.3, 0.4) is 0 Å². The molecule has 18 heavy (non-hydrogen) atoms. The van der Waals surface area contributed by atoms with Crippen molar-refractivity contribution in [1.29, 1.82) is 0 Å². The monoisotopic (exact) mass is 290 g/mol. The first-order valence-corrected chi connectivity index (χ1v) is 6.65. The van der Waals surface area contributed by atoms with Crippen LogP contribution in [0.5, 0.6) is 0 Å². The van der Waals surface area contributed by atoms with Crippen molar-refractivity contribution in [2.75, 3.05) is 13.1 Å². The summed E-state index contributed by atoms with van der Waals surface area (Å²) in [7, 11) is 1.71. The van der Waals surface area contributed by atoms with Gasteiger partial charge in [0.15, 0.2) is 0 Å². The normalized spacial score (nSPS) is 21.4. The standard InChI is InChI=1S/C12H16Cl2N2O2/c1-7(17)8-3-4-16(6-8)12(18)10-5-9(13)11(14)15(10)2/h5,7-8,17H,3-4,6H2,1-2H3. The number of aromatic nitrogens is 1. The van der Waals surface area contributed by atoms with E-state index in [1.54, 1.807) is 29.5 Å². The van der Waals surface area contributed by atoms with Gasteiger partial charge in [0.25, 0.3) is 5.91 Å². The summed E-state index contributed by atoms with van der Waals surface area (Å²) >= 11 is 11.8. The second-order valence-electron chi connectivity index (χ2n) is 4.77. The van der Waals surface area contributed by atoms with Gasteiger partial charge in [-0.05, 0) is 19.4 Å². The number of nitrogens with zero attached hydrogens (tertiary/aromatic N) is 2. The van der Waals surface area contributed by atoms with Crippen LogP contribution in [0.1, 0.15) is 23.8 Å². The summed E-state index contributed by atoms with van der Waals surface area (Å²) in [6.07, 6.45) is 0.443. The van der Waals surface area contributed by atoms with E-state index in [2.05, 4.69) is 0 Å². The van der Waals surface area contributed by atoms with Crippen molar-refractivity contribution in [1.82, 2.24) is 9.47 Å². The van der Waals surface area contributed by atoms with Crippen LogP contribution in [-0.2, 0) is 7.05 Å². The molecule has 0 saturated carbocycles. The Kier molecular flexibility index (Phi) is 3.90. The van der Waals surface area contributed by atoms with Crippen LogP contribution in [0.4, 0.5) is 0 Å². The summed E-state index contributed by atoms with van der Waals surface area (Å²) < 4.78 is 1.59. The SMILES string of the molecule is CC(O)C1CCN(C(=O)c2cc(Cl)c(Cl)n2C)C1. The Labute approximate surface area is 116 Å². The largest absolute Gasteiger partial charge is 0.393 e. The van der Waals surface area contributed by atoms with E-state index < -0.39 is 0 Å². The van der Waals surface area contributed by atoms with Crippen LogP contribution < -0.4 is 0 Å². The number of carbonyl (C=O) groups is 1. The van der Waals surface area contributed by atoms with Gasteiger partial charge in [-0.3, -0.25) is 4.79 Å². The summed E-state index contributed by atoms with van der Waals surface area (Å²) in [4.78, 5) is 14.0. The predicted molar refractivity (Wildman–Crippen MR) is 71.1 cm³/mol. The quantitative estimate of drug-likeness (QED) is 0.907. The van der Waals surface area contributed by atoms with E-state index in [1.807, 2.05) is 0 Å². The maximum atomic E-state index is 12.3. The molecule has 0 radical (unpaired) electrons. The molecule has 2 rings (SSSR count). The van der Waals surface area contributed by atoms with Crippen molar-refractivity contribution in [2.45, 2.75) is 19.4 Å². The summed E-state index contributed by atoms with van der Waals surface area (Å²) in [5, 5.41) is 10.3. The van der Waals surface area contributed by atoms with Crippen molar-refractivity contribution in [3.05, 3.63) is 21.9 Å². The Hall–Kier alpha value is -0.710. The Morgan fingerprint density at radius 1 is 1.56 bits per heavy atom. The molecule has 0 spiro atoms. The molecular weight excluding hydrogens is 275 g/mol. The number of halogens is 2. The van der Waals surface area contributed by atoms with Gasteiger partial charge in [0, 0.05) is 26.1 Å². The molecule has 2 heterocycles. The lowest BCUT2D eigenvalue weighted by atomic mass is 10.0. The minimum atomic E-state index is -0.386. The number of hydrogen-bond acceptors (Lipinski definition) is 2. The molecule has 1 aliphatic heterocycles. The third-order valence-electron chi connectivity index (χ3n) is 3.53. The van der Waals surface area contributed by atoms with Crippen molar-refractivity contribution >= 4 is 29.1 Å². The first-order chi connectivity index (χ1) is 8.41. The molecule has 0 bridgehead atoms. The molecule has 2 unspecified atom stereocenters. The molecule has 0 aliphatic carbocycles. The van der Waals surface area contributed by atoms with E-state index in [9.17, 15) is 9.90 Å². The average Bonchev–Trinajstić information content (AvgIpc) is 2.90. The molecule has 1 aromatic heterocycles. The number of carbonyl (C=O) groups excluding carboxylic acids is 1. The molecule has 2 atom stereocenters. The fourth-order valence-corrected chi connectivity index (χ4v) is 2.65. The third-order valence-corrected chi connectivity index (χ3v) is 4.37. The highest BCUT2D eigenvalue weighted by Crippen LogP contribution is 2.28. The Morgan fingerprint density at radius 3 is 2.67 bits per heavy atom. The first-order valence-electron chi connectivity index (χ1n) is 5.90. The van der Waals surface area contributed by atoms with Gasteiger partial charge in [-0.1, -0.05) is 23.2 Å². The van der Waals surface area contributed by atoms with E-state index in [4.69, 9.17) is 23.2 Å². The molecule has 1 aliphatic rings. The highest BCUT2D eigenvalue weighted by Gasteiger charge is 2.31. The van der Waals surface area contributed by atoms with Crippen LogP contribution in [0, 0.1) is 5.92 Å². The van der Waals surface area contributed by atoms with Gasteiger partial charge in [-0.15, -0.1) is 0 Å². The molecule has 1 aromatic rings. The van der Waals surface area contributed by atoms with E-state index in [1.165, 1.54) is 0 Å². The van der Waals surface area contributed by atoms with Gasteiger partial charge >= 0.3 is 0 Å². The topological polar surface area (TPSA) is 45.5 Å². The van der Waals surface area contributed by atoms with Crippen molar-refractivity contribution in [2.24, 2.45) is 13.0 Å². The maximum Gasteiger partial charge on any atom is 0.270 e. The lowest BCUT2D eigenvalue weighted by molar-refractivity contribution is 0.0753. The Morgan fingerprint density at radius 2 is 2.22 bits per heavy atom. The molecule has 6 heteroatoms. The van der Waals surface area contributed by atoms with Crippen LogP contribution in [0.2, 0.25) is 10.2 Å². The third kappa shape index (κ3) is 2.37. The first kappa shape index (κ1) is 13.7. The van der Waals surface area contributed by atoms with Gasteiger partial charge < -0.3 is 14.6 Å². The van der Waals surface area contributed by atoms with Crippen LogP contribution in [0.25, 0.3) is 0 Å². The second kappa shape index (κ2) is 5.11. The number of aliphatic hydroxyl groups excluding tert-OH is 1. The number of hydrogen-bond donors (Lipinski definition) is 1. The Bertz CT molecular complexity index is 471. The number of rotatable bonds is 2. The van der Waals surface area contributed by atoms with Crippen molar-refractivity contribution in [3.63, 3.8) is 0 Å². The fourth-order valence-electron chi connectivity index (χ4n) is 2.28. The van der Waals surface area contributed by atoms with E-state index in [-0.39, 0.29) is 17.9 Å². The predicted octanol–water partition coefficient (Wildman–Crippen LogP) is 2.17. The maximum absolute atomic E-state index is 12.3. The second-order valence-corrected chi connectivity index (χ2v) is 5.53. The number of amides is 1. The molecule has 0 aromatic carbocycles. The average molecular weight is 291 g/mol. The van der Waals surface area contributed by atoms with Gasteiger partial charge in [0.1, 0.15) is 10.8 Å². The minimum Gasteiger partial charge on any atom is -0.393 e. The van der Waals surface area contributed by atoms with Gasteiger partial charge in [-0.25, -0.2) is 0 Å². The lowest BCUT2D eigenvalue weighted by Gasteiger charge is -2.18. The minimum absolute atomic E-state index is 0.0885. The van der Waals surface area contributed by atoms with Gasteiger partial charge in [0.2, 0.25) is 0 Å². The van der Waals surface area contributed by atoms with Crippen molar-refractivity contribution < 1.29 is 9.90 Å². The van der Waals surface area contributed by atoms with Crippen LogP contribution >= 0.6 is 23.2 Å². The smallest absolute Gasteiger partial charge is 0.270 e. The zero-order valence-electron chi connectivity index (χ0n) is 10.4.